The zero-order valence-corrected chi connectivity index (χ0v) is 16.0. The minimum atomic E-state index is -0.702. The SMILES string of the molecule is COc1ccc(-c2noc(Cn3ccn(-c4ccc(Cl)cc4)c(=O)c3=O)n2)cc1. The molecular formula is C20H15ClN4O4. The molecule has 146 valence electrons. The van der Waals surface area contributed by atoms with E-state index in [1.165, 1.54) is 21.5 Å². The van der Waals surface area contributed by atoms with Gasteiger partial charge < -0.3 is 9.26 Å². The molecule has 2 aromatic heterocycles. The van der Waals surface area contributed by atoms with Gasteiger partial charge in [0.15, 0.2) is 0 Å². The lowest BCUT2D eigenvalue weighted by molar-refractivity contribution is 0.369. The summed E-state index contributed by atoms with van der Waals surface area (Å²) >= 11 is 5.86. The summed E-state index contributed by atoms with van der Waals surface area (Å²) in [4.78, 5) is 29.2. The molecular weight excluding hydrogens is 396 g/mol. The Kier molecular flexibility index (Phi) is 5.01. The van der Waals surface area contributed by atoms with Crippen LogP contribution in [-0.4, -0.2) is 26.4 Å². The lowest BCUT2D eigenvalue weighted by Gasteiger charge is -2.07. The van der Waals surface area contributed by atoms with Crippen LogP contribution < -0.4 is 15.9 Å². The third-order valence-electron chi connectivity index (χ3n) is 4.29. The maximum atomic E-state index is 12.5. The van der Waals surface area contributed by atoms with Crippen molar-refractivity contribution in [3.05, 3.63) is 92.5 Å². The van der Waals surface area contributed by atoms with Crippen LogP contribution in [0.2, 0.25) is 5.02 Å². The molecule has 0 fully saturated rings. The van der Waals surface area contributed by atoms with Crippen molar-refractivity contribution in [2.45, 2.75) is 6.54 Å². The van der Waals surface area contributed by atoms with Crippen LogP contribution in [0.3, 0.4) is 0 Å². The van der Waals surface area contributed by atoms with Crippen molar-refractivity contribution >= 4 is 11.6 Å². The second-order valence-corrected chi connectivity index (χ2v) is 6.56. The number of nitrogens with zero attached hydrogens (tertiary/aromatic N) is 4. The Morgan fingerprint density at radius 3 is 2.41 bits per heavy atom. The van der Waals surface area contributed by atoms with Crippen molar-refractivity contribution in [2.24, 2.45) is 0 Å². The summed E-state index contributed by atoms with van der Waals surface area (Å²) in [5, 5.41) is 4.47. The van der Waals surface area contributed by atoms with E-state index in [0.717, 1.165) is 5.56 Å². The summed E-state index contributed by atoms with van der Waals surface area (Å²) < 4.78 is 12.8. The minimum absolute atomic E-state index is 0.0152. The standard InChI is InChI=1S/C20H15ClN4O4/c1-28-16-8-2-13(3-9-16)18-22-17(29-23-18)12-24-10-11-25(20(27)19(24)26)15-6-4-14(21)5-7-15/h2-11H,12H2,1H3. The Hall–Kier alpha value is -3.65. The number of ether oxygens (including phenoxy) is 1. The topological polar surface area (TPSA) is 92.2 Å². The van der Waals surface area contributed by atoms with Crippen LogP contribution in [0.4, 0.5) is 0 Å². The fourth-order valence-corrected chi connectivity index (χ4v) is 2.89. The third-order valence-corrected chi connectivity index (χ3v) is 4.54. The summed E-state index contributed by atoms with van der Waals surface area (Å²) in [6, 6.07) is 13.8. The molecule has 0 aliphatic carbocycles. The maximum absolute atomic E-state index is 12.5. The fraction of sp³-hybridized carbons (Fsp3) is 0.100. The van der Waals surface area contributed by atoms with Gasteiger partial charge in [-0.2, -0.15) is 4.98 Å². The Balaban J connectivity index is 1.59. The van der Waals surface area contributed by atoms with Crippen molar-refractivity contribution in [2.75, 3.05) is 7.11 Å². The van der Waals surface area contributed by atoms with Crippen molar-refractivity contribution in [3.63, 3.8) is 0 Å². The molecule has 0 bridgehead atoms. The monoisotopic (exact) mass is 410 g/mol. The molecule has 4 aromatic rings. The van der Waals surface area contributed by atoms with Gasteiger partial charge >= 0.3 is 11.1 Å². The van der Waals surface area contributed by atoms with E-state index >= 15 is 0 Å². The predicted molar refractivity (Wildman–Crippen MR) is 107 cm³/mol. The molecule has 0 aliphatic rings. The van der Waals surface area contributed by atoms with Crippen LogP contribution >= 0.6 is 11.6 Å². The Morgan fingerprint density at radius 1 is 1.00 bits per heavy atom. The molecule has 4 rings (SSSR count). The van der Waals surface area contributed by atoms with E-state index in [0.29, 0.717) is 22.3 Å². The van der Waals surface area contributed by atoms with Crippen LogP contribution in [0.1, 0.15) is 5.89 Å². The molecule has 9 heteroatoms. The maximum Gasteiger partial charge on any atom is 0.320 e. The van der Waals surface area contributed by atoms with Crippen molar-refractivity contribution < 1.29 is 9.26 Å². The molecule has 29 heavy (non-hydrogen) atoms. The van der Waals surface area contributed by atoms with Crippen LogP contribution in [0.25, 0.3) is 17.1 Å². The highest BCUT2D eigenvalue weighted by Crippen LogP contribution is 2.19. The number of aromatic nitrogens is 4. The molecule has 8 nitrogen and oxygen atoms in total. The Morgan fingerprint density at radius 2 is 1.72 bits per heavy atom. The first-order valence-electron chi connectivity index (χ1n) is 8.60. The second kappa shape index (κ2) is 7.76. The van der Waals surface area contributed by atoms with Crippen molar-refractivity contribution in [1.82, 2.24) is 19.3 Å². The van der Waals surface area contributed by atoms with E-state index in [9.17, 15) is 9.59 Å². The van der Waals surface area contributed by atoms with Gasteiger partial charge in [-0.3, -0.25) is 18.7 Å². The molecule has 0 atom stereocenters. The quantitative estimate of drug-likeness (QED) is 0.470. The van der Waals surface area contributed by atoms with E-state index in [4.69, 9.17) is 20.9 Å². The van der Waals surface area contributed by atoms with Gasteiger partial charge in [-0.15, -0.1) is 0 Å². The predicted octanol–water partition coefficient (Wildman–Crippen LogP) is 2.76. The van der Waals surface area contributed by atoms with Crippen molar-refractivity contribution in [3.8, 4) is 22.8 Å². The summed E-state index contributed by atoms with van der Waals surface area (Å²) in [5.74, 6) is 1.30. The van der Waals surface area contributed by atoms with Gasteiger partial charge in [0, 0.05) is 28.7 Å². The summed E-state index contributed by atoms with van der Waals surface area (Å²) in [5.41, 5.74) is -0.106. The van der Waals surface area contributed by atoms with E-state index in [2.05, 4.69) is 10.1 Å². The number of methoxy groups -OCH3 is 1. The number of halogens is 1. The number of benzene rings is 2. The van der Waals surface area contributed by atoms with Gasteiger partial charge in [0.25, 0.3) is 0 Å². The molecule has 0 radical (unpaired) electrons. The van der Waals surface area contributed by atoms with E-state index < -0.39 is 11.1 Å². The van der Waals surface area contributed by atoms with Crippen LogP contribution in [-0.2, 0) is 6.54 Å². The lowest BCUT2D eigenvalue weighted by Crippen LogP contribution is -2.40. The largest absolute Gasteiger partial charge is 0.497 e. The molecule has 2 heterocycles. The number of rotatable bonds is 5. The van der Waals surface area contributed by atoms with Gasteiger partial charge in [-0.25, -0.2) is 0 Å². The highest BCUT2D eigenvalue weighted by Gasteiger charge is 2.12. The first-order chi connectivity index (χ1) is 14.0. The summed E-state index contributed by atoms with van der Waals surface area (Å²) in [7, 11) is 1.58. The third kappa shape index (κ3) is 3.83. The molecule has 0 saturated carbocycles. The molecule has 0 amide bonds. The lowest BCUT2D eigenvalue weighted by atomic mass is 10.2. The van der Waals surface area contributed by atoms with Crippen LogP contribution in [0.5, 0.6) is 5.75 Å². The van der Waals surface area contributed by atoms with Gasteiger partial charge in [-0.05, 0) is 48.5 Å². The second-order valence-electron chi connectivity index (χ2n) is 6.12. The molecule has 0 spiro atoms. The van der Waals surface area contributed by atoms with Gasteiger partial charge in [0.05, 0.1) is 7.11 Å². The van der Waals surface area contributed by atoms with E-state index in [1.54, 1.807) is 55.6 Å². The van der Waals surface area contributed by atoms with Gasteiger partial charge in [0.1, 0.15) is 12.3 Å². The molecule has 2 aromatic carbocycles. The zero-order valence-electron chi connectivity index (χ0n) is 15.3. The normalized spacial score (nSPS) is 10.8. The molecule has 0 saturated heterocycles. The first kappa shape index (κ1) is 18.7. The van der Waals surface area contributed by atoms with E-state index in [1.807, 2.05) is 0 Å². The van der Waals surface area contributed by atoms with E-state index in [-0.39, 0.29) is 12.4 Å². The highest BCUT2D eigenvalue weighted by molar-refractivity contribution is 6.30. The Bertz CT molecular complexity index is 1260. The van der Waals surface area contributed by atoms with Gasteiger partial charge in [0.2, 0.25) is 11.7 Å². The fourth-order valence-electron chi connectivity index (χ4n) is 2.76. The summed E-state index contributed by atoms with van der Waals surface area (Å²) in [6.45, 7) is -0.0152. The summed E-state index contributed by atoms with van der Waals surface area (Å²) in [6.07, 6.45) is 3.00. The molecule has 0 aliphatic heterocycles. The van der Waals surface area contributed by atoms with Crippen LogP contribution in [0.15, 0.2) is 75.0 Å². The van der Waals surface area contributed by atoms with Gasteiger partial charge in [-0.1, -0.05) is 16.8 Å². The minimum Gasteiger partial charge on any atom is -0.497 e. The average molecular weight is 411 g/mol. The number of hydrogen-bond acceptors (Lipinski definition) is 6. The highest BCUT2D eigenvalue weighted by atomic mass is 35.5. The zero-order chi connectivity index (χ0) is 20.4. The van der Waals surface area contributed by atoms with Crippen LogP contribution in [0, 0.1) is 0 Å². The molecule has 0 unspecified atom stereocenters. The average Bonchev–Trinajstić information content (AvgIpc) is 3.21. The number of hydrogen-bond donors (Lipinski definition) is 0. The van der Waals surface area contributed by atoms with Crippen molar-refractivity contribution in [1.29, 1.82) is 0 Å². The smallest absolute Gasteiger partial charge is 0.320 e. The molecule has 0 N–H and O–H groups in total. The first-order valence-corrected chi connectivity index (χ1v) is 8.98. The Labute approximate surface area is 169 Å².